The van der Waals surface area contributed by atoms with E-state index in [1.807, 2.05) is 0 Å². The summed E-state index contributed by atoms with van der Waals surface area (Å²) in [6.45, 7) is 2.02. The molecule has 6 heteroatoms. The van der Waals surface area contributed by atoms with E-state index in [1.165, 1.54) is 12.1 Å². The number of hydrogen-bond donors (Lipinski definition) is 1. The number of halogens is 2. The summed E-state index contributed by atoms with van der Waals surface area (Å²) in [6.07, 6.45) is 1.57. The molecular weight excluding hydrogens is 309 g/mol. The highest BCUT2D eigenvalue weighted by Crippen LogP contribution is 2.18. The molecule has 3 nitrogen and oxygen atoms in total. The number of carbonyl (C=O) groups is 1. The normalized spacial score (nSPS) is 14.1. The van der Waals surface area contributed by atoms with E-state index in [9.17, 15) is 13.4 Å². The van der Waals surface area contributed by atoms with E-state index in [0.717, 1.165) is 0 Å². The van der Waals surface area contributed by atoms with Crippen LogP contribution in [0.1, 0.15) is 17.3 Å². The zero-order valence-corrected chi connectivity index (χ0v) is 11.9. The highest BCUT2D eigenvalue weighted by molar-refractivity contribution is 9.10. The number of nitrogens with one attached hydrogen (secondary N) is 1. The van der Waals surface area contributed by atoms with Crippen LogP contribution in [0.25, 0.3) is 0 Å². The lowest BCUT2D eigenvalue weighted by Crippen LogP contribution is -2.33. The van der Waals surface area contributed by atoms with E-state index >= 15 is 0 Å². The second-order valence-corrected chi connectivity index (χ2v) is 6.28. The summed E-state index contributed by atoms with van der Waals surface area (Å²) in [5.41, 5.74) is -0.0199. The number of amides is 1. The predicted molar refractivity (Wildman–Crippen MR) is 70.0 cm³/mol. The molecule has 1 rings (SSSR count). The molecule has 0 saturated heterocycles. The van der Waals surface area contributed by atoms with Crippen molar-refractivity contribution in [3.63, 3.8) is 0 Å². The molecule has 0 saturated carbocycles. The molecule has 17 heavy (non-hydrogen) atoms. The van der Waals surface area contributed by atoms with Gasteiger partial charge in [0, 0.05) is 28.9 Å². The molecule has 0 aromatic heterocycles. The predicted octanol–water partition coefficient (Wildman–Crippen LogP) is 2.08. The minimum atomic E-state index is -1.01. The number of rotatable bonds is 4. The molecule has 0 heterocycles. The van der Waals surface area contributed by atoms with Crippen molar-refractivity contribution < 1.29 is 13.4 Å². The first-order valence-corrected chi connectivity index (χ1v) is 7.39. The van der Waals surface area contributed by atoms with Gasteiger partial charge in [-0.25, -0.2) is 4.39 Å². The van der Waals surface area contributed by atoms with Gasteiger partial charge < -0.3 is 5.32 Å². The lowest BCUT2D eigenvalue weighted by molar-refractivity contribution is 0.0950. The molecule has 1 amide bonds. The summed E-state index contributed by atoms with van der Waals surface area (Å²) in [6, 6.07) is 4.52. The van der Waals surface area contributed by atoms with Crippen molar-refractivity contribution >= 4 is 32.6 Å². The fourth-order valence-corrected chi connectivity index (χ4v) is 1.81. The maximum atomic E-state index is 13.6. The monoisotopic (exact) mass is 321 g/mol. The van der Waals surface area contributed by atoms with Crippen LogP contribution in [0.15, 0.2) is 22.7 Å². The van der Waals surface area contributed by atoms with E-state index in [4.69, 9.17) is 0 Å². The molecule has 0 aliphatic heterocycles. The fourth-order valence-electron chi connectivity index (χ4n) is 1.13. The summed E-state index contributed by atoms with van der Waals surface area (Å²) in [7, 11) is -1.01. The van der Waals surface area contributed by atoms with Crippen molar-refractivity contribution in [2.24, 2.45) is 0 Å². The second-order valence-electron chi connectivity index (χ2n) is 3.62. The smallest absolute Gasteiger partial charge is 0.254 e. The minimum absolute atomic E-state index is 0.0199. The van der Waals surface area contributed by atoms with Gasteiger partial charge in [-0.3, -0.25) is 9.00 Å². The first-order valence-electron chi connectivity index (χ1n) is 4.98. The summed E-state index contributed by atoms with van der Waals surface area (Å²) < 4.78 is 24.9. The van der Waals surface area contributed by atoms with Crippen molar-refractivity contribution in [1.29, 1.82) is 0 Å². The quantitative estimate of drug-likeness (QED) is 0.923. The average Bonchev–Trinajstić information content (AvgIpc) is 2.29. The Labute approximate surface area is 110 Å². The summed E-state index contributed by atoms with van der Waals surface area (Å²) >= 11 is 3.01. The van der Waals surface area contributed by atoms with Crippen LogP contribution in [0.4, 0.5) is 4.39 Å². The first kappa shape index (κ1) is 14.3. The van der Waals surface area contributed by atoms with Crippen molar-refractivity contribution in [3.05, 3.63) is 34.1 Å². The van der Waals surface area contributed by atoms with Crippen molar-refractivity contribution in [2.45, 2.75) is 12.2 Å². The molecule has 0 aliphatic rings. The highest BCUT2D eigenvalue weighted by Gasteiger charge is 2.15. The van der Waals surface area contributed by atoms with E-state index in [2.05, 4.69) is 21.2 Å². The van der Waals surface area contributed by atoms with Crippen LogP contribution < -0.4 is 5.32 Å². The van der Waals surface area contributed by atoms with Crippen molar-refractivity contribution in [2.75, 3.05) is 12.8 Å². The standard InChI is InChI=1S/C11H13BrFNO2S/c1-7(17(2)16)6-14-11(15)8-4-3-5-9(12)10(8)13/h3-5,7H,6H2,1-2H3,(H,14,15). The van der Waals surface area contributed by atoms with Crippen LogP contribution in [-0.2, 0) is 10.8 Å². The number of benzene rings is 1. The minimum Gasteiger partial charge on any atom is -0.351 e. The number of carbonyl (C=O) groups excluding carboxylic acids is 1. The van der Waals surface area contributed by atoms with E-state index in [0.29, 0.717) is 0 Å². The van der Waals surface area contributed by atoms with Crippen LogP contribution in [0, 0.1) is 5.82 Å². The Morgan fingerprint density at radius 3 is 2.82 bits per heavy atom. The third-order valence-corrected chi connectivity index (χ3v) is 4.23. The van der Waals surface area contributed by atoms with E-state index in [-0.39, 0.29) is 21.8 Å². The van der Waals surface area contributed by atoms with Gasteiger partial charge in [0.1, 0.15) is 5.82 Å². The van der Waals surface area contributed by atoms with Gasteiger partial charge in [0.15, 0.2) is 0 Å². The lowest BCUT2D eigenvalue weighted by atomic mass is 10.2. The molecule has 1 N–H and O–H groups in total. The van der Waals surface area contributed by atoms with Gasteiger partial charge in [-0.2, -0.15) is 0 Å². The van der Waals surface area contributed by atoms with Crippen LogP contribution in [0.5, 0.6) is 0 Å². The Balaban J connectivity index is 2.71. The zero-order valence-electron chi connectivity index (χ0n) is 9.50. The van der Waals surface area contributed by atoms with Gasteiger partial charge in [0.25, 0.3) is 5.91 Å². The summed E-state index contributed by atoms with van der Waals surface area (Å²) in [5.74, 6) is -1.09. The SMILES string of the molecule is CC(CNC(=O)c1cccc(Br)c1F)S(C)=O. The van der Waals surface area contributed by atoms with Crippen molar-refractivity contribution in [3.8, 4) is 0 Å². The Morgan fingerprint density at radius 1 is 1.59 bits per heavy atom. The zero-order chi connectivity index (χ0) is 13.0. The Bertz CT molecular complexity index is 453. The van der Waals surface area contributed by atoms with E-state index < -0.39 is 22.5 Å². The molecule has 0 fully saturated rings. The van der Waals surface area contributed by atoms with Gasteiger partial charge >= 0.3 is 0 Å². The largest absolute Gasteiger partial charge is 0.351 e. The second kappa shape index (κ2) is 6.26. The Hall–Kier alpha value is -0.750. The number of hydrogen-bond acceptors (Lipinski definition) is 2. The van der Waals surface area contributed by atoms with Crippen LogP contribution >= 0.6 is 15.9 Å². The highest BCUT2D eigenvalue weighted by atomic mass is 79.9. The molecule has 0 bridgehead atoms. The van der Waals surface area contributed by atoms with Gasteiger partial charge in [-0.05, 0) is 35.0 Å². The van der Waals surface area contributed by atoms with Crippen LogP contribution in [0.3, 0.4) is 0 Å². The van der Waals surface area contributed by atoms with Gasteiger partial charge in [-0.15, -0.1) is 0 Å². The van der Waals surface area contributed by atoms with Gasteiger partial charge in [-0.1, -0.05) is 6.07 Å². The molecule has 2 atom stereocenters. The first-order chi connectivity index (χ1) is 7.93. The topological polar surface area (TPSA) is 46.2 Å². The van der Waals surface area contributed by atoms with Crippen LogP contribution in [-0.4, -0.2) is 28.2 Å². The van der Waals surface area contributed by atoms with Gasteiger partial charge in [0.2, 0.25) is 0 Å². The lowest BCUT2D eigenvalue weighted by Gasteiger charge is -2.10. The molecule has 1 aromatic carbocycles. The molecule has 0 aliphatic carbocycles. The molecule has 94 valence electrons. The summed E-state index contributed by atoms with van der Waals surface area (Å²) in [5, 5.41) is 2.40. The third-order valence-electron chi connectivity index (χ3n) is 2.31. The van der Waals surface area contributed by atoms with Gasteiger partial charge in [0.05, 0.1) is 10.0 Å². The maximum absolute atomic E-state index is 13.6. The molecule has 0 spiro atoms. The maximum Gasteiger partial charge on any atom is 0.254 e. The Morgan fingerprint density at radius 2 is 2.24 bits per heavy atom. The third kappa shape index (κ3) is 3.89. The fraction of sp³-hybridized carbons (Fsp3) is 0.364. The average molecular weight is 322 g/mol. The molecule has 1 aromatic rings. The molecule has 0 radical (unpaired) electrons. The molecule has 2 unspecified atom stereocenters. The van der Waals surface area contributed by atoms with Crippen LogP contribution in [0.2, 0.25) is 0 Å². The van der Waals surface area contributed by atoms with Crippen molar-refractivity contribution in [1.82, 2.24) is 5.32 Å². The summed E-state index contributed by atoms with van der Waals surface area (Å²) in [4.78, 5) is 11.7. The van der Waals surface area contributed by atoms with E-state index in [1.54, 1.807) is 19.2 Å². The Kier molecular flexibility index (Phi) is 5.27. The molecular formula is C11H13BrFNO2S.